The number of sulfone groups is 1. The number of anilines is 2. The summed E-state index contributed by atoms with van der Waals surface area (Å²) in [6.07, 6.45) is 5.24. The van der Waals surface area contributed by atoms with Crippen molar-refractivity contribution >= 4 is 27.4 Å². The second kappa shape index (κ2) is 10.5. The lowest BCUT2D eigenvalue weighted by atomic mass is 10.1. The summed E-state index contributed by atoms with van der Waals surface area (Å²) in [7, 11) is -3.46. The minimum absolute atomic E-state index is 0.00894. The number of hydrogen-bond donors (Lipinski definition) is 1. The predicted octanol–water partition coefficient (Wildman–Crippen LogP) is 4.08. The SMILES string of the molecule is CCCCOC(=O)N1CCC(Oc2cc(Nc3ccc(S(=O)(=O)C4CC4)cc3F)ncn2)CC1. The molecule has 1 aromatic heterocycles. The highest BCUT2D eigenvalue weighted by Gasteiger charge is 2.37. The Balaban J connectivity index is 1.32. The number of nitrogens with one attached hydrogen (secondary N) is 1. The molecule has 11 heteroatoms. The summed E-state index contributed by atoms with van der Waals surface area (Å²) in [4.78, 5) is 22.0. The van der Waals surface area contributed by atoms with Gasteiger partial charge in [0.05, 0.1) is 22.4 Å². The van der Waals surface area contributed by atoms with Crippen molar-refractivity contribution in [3.05, 3.63) is 36.4 Å². The summed E-state index contributed by atoms with van der Waals surface area (Å²) in [5.74, 6) is -0.0329. The summed E-state index contributed by atoms with van der Waals surface area (Å²) in [5, 5.41) is 2.45. The second-order valence-electron chi connectivity index (χ2n) is 8.52. The number of ether oxygens (including phenoxy) is 2. The first-order chi connectivity index (χ1) is 16.4. The summed E-state index contributed by atoms with van der Waals surface area (Å²) in [5.41, 5.74) is 0.106. The van der Waals surface area contributed by atoms with Crippen molar-refractivity contribution in [1.82, 2.24) is 14.9 Å². The van der Waals surface area contributed by atoms with Crippen molar-refractivity contribution in [3.8, 4) is 5.88 Å². The largest absolute Gasteiger partial charge is 0.474 e. The average molecular weight is 493 g/mol. The number of amides is 1. The van der Waals surface area contributed by atoms with Gasteiger partial charge >= 0.3 is 6.09 Å². The van der Waals surface area contributed by atoms with Crippen LogP contribution in [0.25, 0.3) is 0 Å². The number of carbonyl (C=O) groups excluding carboxylic acids is 1. The maximum absolute atomic E-state index is 14.6. The molecular weight excluding hydrogens is 463 g/mol. The van der Waals surface area contributed by atoms with Gasteiger partial charge in [-0.3, -0.25) is 0 Å². The number of benzene rings is 1. The number of rotatable bonds is 9. The Labute approximate surface area is 198 Å². The van der Waals surface area contributed by atoms with E-state index in [-0.39, 0.29) is 22.8 Å². The fourth-order valence-corrected chi connectivity index (χ4v) is 5.34. The Morgan fingerprint density at radius 1 is 1.18 bits per heavy atom. The van der Waals surface area contributed by atoms with Crippen molar-refractivity contribution in [2.24, 2.45) is 0 Å². The number of likely N-dealkylation sites (tertiary alicyclic amines) is 1. The fraction of sp³-hybridized carbons (Fsp3) is 0.522. The van der Waals surface area contributed by atoms with E-state index in [1.807, 2.05) is 6.92 Å². The van der Waals surface area contributed by atoms with Gasteiger partial charge in [0.15, 0.2) is 9.84 Å². The first-order valence-electron chi connectivity index (χ1n) is 11.6. The highest BCUT2D eigenvalue weighted by atomic mass is 32.2. The molecule has 0 radical (unpaired) electrons. The first kappa shape index (κ1) is 24.2. The van der Waals surface area contributed by atoms with Gasteiger partial charge in [-0.2, -0.15) is 0 Å². The Morgan fingerprint density at radius 3 is 2.62 bits per heavy atom. The van der Waals surface area contributed by atoms with Crippen LogP contribution in [0.2, 0.25) is 0 Å². The molecule has 4 rings (SSSR count). The monoisotopic (exact) mass is 492 g/mol. The van der Waals surface area contributed by atoms with Gasteiger partial charge in [-0.15, -0.1) is 0 Å². The zero-order valence-corrected chi connectivity index (χ0v) is 19.9. The third-order valence-corrected chi connectivity index (χ3v) is 8.11. The molecule has 0 unspecified atom stereocenters. The van der Waals surface area contributed by atoms with Gasteiger partial charge in [0.1, 0.15) is 24.1 Å². The molecule has 1 saturated carbocycles. The van der Waals surface area contributed by atoms with Crippen LogP contribution >= 0.6 is 0 Å². The zero-order valence-electron chi connectivity index (χ0n) is 19.1. The van der Waals surface area contributed by atoms with Crippen LogP contribution in [0, 0.1) is 5.82 Å². The second-order valence-corrected chi connectivity index (χ2v) is 10.8. The van der Waals surface area contributed by atoms with Crippen molar-refractivity contribution in [2.75, 3.05) is 25.0 Å². The molecule has 1 aliphatic heterocycles. The molecule has 9 nitrogen and oxygen atoms in total. The van der Waals surface area contributed by atoms with E-state index < -0.39 is 20.9 Å². The third kappa shape index (κ3) is 5.94. The van der Waals surface area contributed by atoms with Crippen molar-refractivity contribution in [1.29, 1.82) is 0 Å². The van der Waals surface area contributed by atoms with Crippen LogP contribution in [0.5, 0.6) is 5.88 Å². The summed E-state index contributed by atoms with van der Waals surface area (Å²) in [6.45, 7) is 3.54. The van der Waals surface area contributed by atoms with Crippen LogP contribution in [0.3, 0.4) is 0 Å². The normalized spacial score (nSPS) is 16.8. The Bertz CT molecular complexity index is 1120. The molecule has 1 saturated heterocycles. The summed E-state index contributed by atoms with van der Waals surface area (Å²) < 4.78 is 50.4. The minimum Gasteiger partial charge on any atom is -0.474 e. The molecule has 1 N–H and O–H groups in total. The molecule has 0 bridgehead atoms. The molecule has 2 fully saturated rings. The van der Waals surface area contributed by atoms with Crippen molar-refractivity contribution in [3.63, 3.8) is 0 Å². The minimum atomic E-state index is -3.46. The van der Waals surface area contributed by atoms with Crippen LogP contribution < -0.4 is 10.1 Å². The smallest absolute Gasteiger partial charge is 0.409 e. The lowest BCUT2D eigenvalue weighted by molar-refractivity contribution is 0.0656. The van der Waals surface area contributed by atoms with E-state index in [0.717, 1.165) is 18.9 Å². The van der Waals surface area contributed by atoms with E-state index in [9.17, 15) is 17.6 Å². The first-order valence-corrected chi connectivity index (χ1v) is 13.1. The number of nitrogens with zero attached hydrogens (tertiary/aromatic N) is 3. The molecule has 1 aromatic carbocycles. The van der Waals surface area contributed by atoms with Gasteiger partial charge in [-0.05, 0) is 37.5 Å². The number of piperidine rings is 1. The fourth-order valence-electron chi connectivity index (χ4n) is 3.68. The molecule has 34 heavy (non-hydrogen) atoms. The summed E-state index contributed by atoms with van der Waals surface area (Å²) in [6, 6.07) is 5.39. The lowest BCUT2D eigenvalue weighted by Gasteiger charge is -2.31. The topological polar surface area (TPSA) is 111 Å². The van der Waals surface area contributed by atoms with E-state index in [2.05, 4.69) is 15.3 Å². The third-order valence-electron chi connectivity index (χ3n) is 5.85. The molecule has 2 heterocycles. The lowest BCUT2D eigenvalue weighted by Crippen LogP contribution is -2.42. The highest BCUT2D eigenvalue weighted by molar-refractivity contribution is 7.92. The maximum atomic E-state index is 14.6. The zero-order chi connectivity index (χ0) is 24.1. The van der Waals surface area contributed by atoms with Crippen LogP contribution in [0.4, 0.5) is 20.7 Å². The van der Waals surface area contributed by atoms with Gasteiger partial charge < -0.3 is 19.7 Å². The number of hydrogen-bond acceptors (Lipinski definition) is 8. The van der Waals surface area contributed by atoms with Crippen molar-refractivity contribution in [2.45, 2.75) is 61.7 Å². The Morgan fingerprint density at radius 2 is 1.94 bits per heavy atom. The molecule has 0 spiro atoms. The van der Waals surface area contributed by atoms with Crippen LogP contribution in [0.1, 0.15) is 45.4 Å². The Hall–Kier alpha value is -2.95. The van der Waals surface area contributed by atoms with E-state index in [4.69, 9.17) is 9.47 Å². The van der Waals surface area contributed by atoms with Crippen LogP contribution in [0.15, 0.2) is 35.5 Å². The van der Waals surface area contributed by atoms with E-state index >= 15 is 0 Å². The standard InChI is InChI=1S/C23H29FN4O5S/c1-2-3-12-32-23(29)28-10-8-16(9-11-28)33-22-14-21(25-15-26-22)27-20-7-6-18(13-19(20)24)34(30,31)17-4-5-17/h6-7,13-17H,2-5,8-12H2,1H3,(H,25,26,27). The predicted molar refractivity (Wildman–Crippen MR) is 123 cm³/mol. The van der Waals surface area contributed by atoms with E-state index in [1.54, 1.807) is 11.0 Å². The molecule has 2 aromatic rings. The van der Waals surface area contributed by atoms with Gasteiger partial charge in [0.25, 0.3) is 0 Å². The number of unbranched alkanes of at least 4 members (excludes halogenated alkanes) is 1. The summed E-state index contributed by atoms with van der Waals surface area (Å²) >= 11 is 0. The molecule has 2 aliphatic rings. The molecular formula is C23H29FN4O5S. The van der Waals surface area contributed by atoms with Gasteiger partial charge in [0.2, 0.25) is 5.88 Å². The molecule has 1 amide bonds. The van der Waals surface area contributed by atoms with Gasteiger partial charge in [-0.1, -0.05) is 13.3 Å². The highest BCUT2D eigenvalue weighted by Crippen LogP contribution is 2.34. The molecule has 1 aliphatic carbocycles. The maximum Gasteiger partial charge on any atom is 0.409 e. The van der Waals surface area contributed by atoms with Gasteiger partial charge in [0, 0.05) is 32.0 Å². The number of carbonyl (C=O) groups is 1. The van der Waals surface area contributed by atoms with E-state index in [0.29, 0.717) is 57.1 Å². The van der Waals surface area contributed by atoms with E-state index in [1.165, 1.54) is 18.5 Å². The quantitative estimate of drug-likeness (QED) is 0.522. The Kier molecular flexibility index (Phi) is 7.50. The van der Waals surface area contributed by atoms with Crippen molar-refractivity contribution < 1.29 is 27.1 Å². The number of halogens is 1. The number of aromatic nitrogens is 2. The van der Waals surface area contributed by atoms with Crippen LogP contribution in [-0.2, 0) is 14.6 Å². The van der Waals surface area contributed by atoms with Gasteiger partial charge in [-0.25, -0.2) is 27.6 Å². The van der Waals surface area contributed by atoms with Crippen LogP contribution in [-0.4, -0.2) is 60.4 Å². The molecule has 184 valence electrons. The molecule has 0 atom stereocenters. The average Bonchev–Trinajstić information content (AvgIpc) is 3.67.